The van der Waals surface area contributed by atoms with E-state index in [0.29, 0.717) is 0 Å². The third-order valence-electron chi connectivity index (χ3n) is 1.64. The van der Waals surface area contributed by atoms with Crippen LogP contribution in [0, 0.1) is 0 Å². The van der Waals surface area contributed by atoms with E-state index in [-0.39, 0.29) is 46.2 Å². The van der Waals surface area contributed by atoms with Gasteiger partial charge in [-0.3, -0.25) is 0 Å². The Morgan fingerprint density at radius 3 is 1.63 bits per heavy atom. The average molecular weight is 286 g/mol. The predicted octanol–water partition coefficient (Wildman–Crippen LogP) is -2.91. The summed E-state index contributed by atoms with van der Waals surface area (Å²) >= 11 is 0. The molecular formula is C11H26O8. The lowest BCUT2D eigenvalue weighted by atomic mass is 10.4. The van der Waals surface area contributed by atoms with Crippen LogP contribution < -0.4 is 0 Å². The van der Waals surface area contributed by atoms with E-state index in [1.165, 1.54) is 0 Å². The fourth-order valence-electron chi connectivity index (χ4n) is 0.764. The highest BCUT2D eigenvalue weighted by Crippen LogP contribution is 1.86. The first-order valence-electron chi connectivity index (χ1n) is 6.00. The van der Waals surface area contributed by atoms with Gasteiger partial charge in [-0.15, -0.1) is 0 Å². The molecule has 0 aliphatic carbocycles. The fraction of sp³-hybridized carbons (Fsp3) is 1.00. The van der Waals surface area contributed by atoms with E-state index in [4.69, 9.17) is 35.4 Å². The van der Waals surface area contributed by atoms with Crippen molar-refractivity contribution in [3.05, 3.63) is 0 Å². The third-order valence-corrected chi connectivity index (χ3v) is 1.64. The van der Waals surface area contributed by atoms with Crippen LogP contribution >= 0.6 is 0 Å². The Balaban J connectivity index is 0. The van der Waals surface area contributed by atoms with Crippen molar-refractivity contribution in [3.8, 4) is 0 Å². The summed E-state index contributed by atoms with van der Waals surface area (Å²) in [6, 6.07) is 0. The zero-order valence-electron chi connectivity index (χ0n) is 11.2. The lowest BCUT2D eigenvalue weighted by Gasteiger charge is -2.08. The van der Waals surface area contributed by atoms with Crippen LogP contribution in [0.3, 0.4) is 0 Å². The first kappa shape index (κ1) is 21.0. The second-order valence-corrected chi connectivity index (χ2v) is 3.86. The van der Waals surface area contributed by atoms with Crippen molar-refractivity contribution < 1.29 is 40.1 Å². The lowest BCUT2D eigenvalue weighted by Crippen LogP contribution is -2.22. The molecule has 8 heteroatoms. The largest absolute Gasteiger partial charge is 0.394 e. The van der Waals surface area contributed by atoms with E-state index >= 15 is 0 Å². The van der Waals surface area contributed by atoms with Gasteiger partial charge in [0.25, 0.3) is 0 Å². The molecule has 0 heterocycles. The van der Waals surface area contributed by atoms with Crippen molar-refractivity contribution >= 4 is 0 Å². The molecule has 0 radical (unpaired) electrons. The predicted molar refractivity (Wildman–Crippen MR) is 66.6 cm³/mol. The van der Waals surface area contributed by atoms with Gasteiger partial charge in [0.1, 0.15) is 12.2 Å². The van der Waals surface area contributed by atoms with Gasteiger partial charge in [-0.25, -0.2) is 0 Å². The second kappa shape index (κ2) is 15.7. The van der Waals surface area contributed by atoms with E-state index in [1.54, 1.807) is 6.92 Å². The number of hydrogen-bond donors (Lipinski definition) is 6. The van der Waals surface area contributed by atoms with Crippen molar-refractivity contribution in [2.45, 2.75) is 25.2 Å². The van der Waals surface area contributed by atoms with Crippen molar-refractivity contribution in [2.24, 2.45) is 0 Å². The monoisotopic (exact) mass is 286 g/mol. The molecule has 0 saturated heterocycles. The summed E-state index contributed by atoms with van der Waals surface area (Å²) in [5.41, 5.74) is 0. The normalized spacial score (nSPS) is 15.3. The van der Waals surface area contributed by atoms with Crippen LogP contribution in [-0.4, -0.2) is 95.2 Å². The highest BCUT2D eigenvalue weighted by Gasteiger charge is 2.02. The molecule has 19 heavy (non-hydrogen) atoms. The molecule has 0 aromatic heterocycles. The number of aliphatic hydroxyl groups excluding tert-OH is 6. The van der Waals surface area contributed by atoms with E-state index in [9.17, 15) is 0 Å². The number of rotatable bonds is 10. The molecule has 118 valence electrons. The van der Waals surface area contributed by atoms with Crippen LogP contribution in [0.5, 0.6) is 0 Å². The molecule has 3 atom stereocenters. The summed E-state index contributed by atoms with van der Waals surface area (Å²) in [5, 5.41) is 50.7. The lowest BCUT2D eigenvalue weighted by molar-refractivity contribution is -0.0201. The summed E-state index contributed by atoms with van der Waals surface area (Å²) in [4.78, 5) is 0. The molecule has 0 aliphatic rings. The van der Waals surface area contributed by atoms with Gasteiger partial charge < -0.3 is 40.1 Å². The van der Waals surface area contributed by atoms with Crippen LogP contribution in [0.1, 0.15) is 6.92 Å². The molecular weight excluding hydrogens is 260 g/mol. The Bertz CT molecular complexity index is 167. The summed E-state index contributed by atoms with van der Waals surface area (Å²) in [6.07, 6.45) is -2.18. The Morgan fingerprint density at radius 1 is 0.789 bits per heavy atom. The van der Waals surface area contributed by atoms with E-state index < -0.39 is 18.3 Å². The SMILES string of the molecule is CC(O)COCC(O)CO.OCCOCC(O)CO. The van der Waals surface area contributed by atoms with Gasteiger partial charge in [-0.05, 0) is 6.92 Å². The molecule has 0 aromatic carbocycles. The highest BCUT2D eigenvalue weighted by molar-refractivity contribution is 4.50. The molecule has 0 spiro atoms. The molecule has 0 bridgehead atoms. The van der Waals surface area contributed by atoms with Crippen LogP contribution in [-0.2, 0) is 9.47 Å². The van der Waals surface area contributed by atoms with Gasteiger partial charge in [0, 0.05) is 0 Å². The molecule has 0 aromatic rings. The Hall–Kier alpha value is -0.320. The van der Waals surface area contributed by atoms with Gasteiger partial charge in [0.05, 0.1) is 52.4 Å². The van der Waals surface area contributed by atoms with Gasteiger partial charge in [-0.1, -0.05) is 0 Å². The molecule has 8 nitrogen and oxygen atoms in total. The number of hydrogen-bond acceptors (Lipinski definition) is 8. The fourth-order valence-corrected chi connectivity index (χ4v) is 0.764. The van der Waals surface area contributed by atoms with Crippen molar-refractivity contribution in [1.29, 1.82) is 0 Å². The van der Waals surface area contributed by atoms with Crippen LogP contribution in [0.4, 0.5) is 0 Å². The minimum atomic E-state index is -0.834. The summed E-state index contributed by atoms with van der Waals surface area (Å²) in [7, 11) is 0. The summed E-state index contributed by atoms with van der Waals surface area (Å²) in [5.74, 6) is 0. The second-order valence-electron chi connectivity index (χ2n) is 3.86. The quantitative estimate of drug-likeness (QED) is 0.235. The minimum Gasteiger partial charge on any atom is -0.394 e. The maximum Gasteiger partial charge on any atom is 0.100 e. The first-order valence-corrected chi connectivity index (χ1v) is 6.00. The third kappa shape index (κ3) is 20.2. The molecule has 0 rings (SSSR count). The van der Waals surface area contributed by atoms with Crippen LogP contribution in [0.25, 0.3) is 0 Å². The summed E-state index contributed by atoms with van der Waals surface area (Å²) in [6.45, 7) is 1.47. The Kier molecular flexibility index (Phi) is 17.4. The van der Waals surface area contributed by atoms with Gasteiger partial charge in [-0.2, -0.15) is 0 Å². The Morgan fingerprint density at radius 2 is 1.26 bits per heavy atom. The Labute approximate surface area is 112 Å². The zero-order chi connectivity index (χ0) is 15.1. The zero-order valence-corrected chi connectivity index (χ0v) is 11.2. The highest BCUT2D eigenvalue weighted by atomic mass is 16.5. The molecule has 0 aliphatic heterocycles. The average Bonchev–Trinajstić information content (AvgIpc) is 2.38. The number of ether oxygens (including phenoxy) is 2. The first-order chi connectivity index (χ1) is 8.97. The van der Waals surface area contributed by atoms with E-state index in [1.807, 2.05) is 0 Å². The van der Waals surface area contributed by atoms with E-state index in [2.05, 4.69) is 4.74 Å². The smallest absolute Gasteiger partial charge is 0.100 e. The van der Waals surface area contributed by atoms with Crippen LogP contribution in [0.2, 0.25) is 0 Å². The minimum absolute atomic E-state index is 0.0574. The maximum atomic E-state index is 8.71. The molecule has 0 fully saturated rings. The molecule has 3 unspecified atom stereocenters. The standard InChI is InChI=1S/C6H14O4.C5H12O4/c1-5(8)3-10-4-6(9)2-7;6-1-2-9-4-5(8)3-7/h5-9H,2-4H2,1H3;5-8H,1-4H2. The van der Waals surface area contributed by atoms with Crippen LogP contribution in [0.15, 0.2) is 0 Å². The maximum absolute atomic E-state index is 8.71. The van der Waals surface area contributed by atoms with Gasteiger partial charge in [0.2, 0.25) is 0 Å². The number of aliphatic hydroxyl groups is 6. The molecule has 0 saturated carbocycles. The molecule has 0 amide bonds. The molecule has 6 N–H and O–H groups in total. The topological polar surface area (TPSA) is 140 Å². The van der Waals surface area contributed by atoms with Crippen molar-refractivity contribution in [2.75, 3.05) is 46.2 Å². The summed E-state index contributed by atoms with van der Waals surface area (Å²) < 4.78 is 9.46. The van der Waals surface area contributed by atoms with Gasteiger partial charge >= 0.3 is 0 Å². The van der Waals surface area contributed by atoms with Crippen molar-refractivity contribution in [3.63, 3.8) is 0 Å². The van der Waals surface area contributed by atoms with Gasteiger partial charge in [0.15, 0.2) is 0 Å². The van der Waals surface area contributed by atoms with E-state index in [0.717, 1.165) is 0 Å². The van der Waals surface area contributed by atoms with Crippen molar-refractivity contribution in [1.82, 2.24) is 0 Å².